The summed E-state index contributed by atoms with van der Waals surface area (Å²) in [6.07, 6.45) is 16.7. The Morgan fingerprint density at radius 1 is 1.11 bits per heavy atom. The Bertz CT molecular complexity index is 567. The van der Waals surface area contributed by atoms with Crippen LogP contribution in [0.25, 0.3) is 0 Å². The molecule has 0 aromatic heterocycles. The highest BCUT2D eigenvalue weighted by Crippen LogP contribution is 2.61. The van der Waals surface area contributed by atoms with E-state index in [9.17, 15) is 5.11 Å². The van der Waals surface area contributed by atoms with Crippen molar-refractivity contribution in [1.29, 1.82) is 0 Å². The zero-order valence-corrected chi connectivity index (χ0v) is 18.6. The number of hydrogen-bond donors (Lipinski definition) is 1. The summed E-state index contributed by atoms with van der Waals surface area (Å²) in [6, 6.07) is 0. The first-order chi connectivity index (χ1) is 13.3. The summed E-state index contributed by atoms with van der Waals surface area (Å²) in [5.41, 5.74) is 0.683. The van der Waals surface area contributed by atoms with Gasteiger partial charge in [-0.3, -0.25) is 0 Å². The van der Waals surface area contributed by atoms with Gasteiger partial charge in [0.05, 0.1) is 11.8 Å². The van der Waals surface area contributed by atoms with E-state index in [1.54, 1.807) is 0 Å². The van der Waals surface area contributed by atoms with Crippen LogP contribution in [0.3, 0.4) is 0 Å². The molecule has 4 heteroatoms. The van der Waals surface area contributed by atoms with Crippen LogP contribution in [0.5, 0.6) is 0 Å². The number of nitrogens with zero attached hydrogens (tertiary/aromatic N) is 2. The van der Waals surface area contributed by atoms with E-state index >= 15 is 0 Å². The van der Waals surface area contributed by atoms with Crippen LogP contribution in [0.4, 0.5) is 0 Å². The van der Waals surface area contributed by atoms with Crippen LogP contribution in [-0.2, 0) is 4.84 Å². The van der Waals surface area contributed by atoms with Crippen molar-refractivity contribution in [2.45, 2.75) is 83.7 Å². The summed E-state index contributed by atoms with van der Waals surface area (Å²) in [5, 5.41) is 15.8. The molecule has 3 saturated carbocycles. The summed E-state index contributed by atoms with van der Waals surface area (Å²) < 4.78 is 0. The fourth-order valence-corrected chi connectivity index (χ4v) is 6.15. The molecular formula is C24H42N2O2. The molecule has 0 aromatic carbocycles. The van der Waals surface area contributed by atoms with Crippen LogP contribution in [0.2, 0.25) is 0 Å². The molecule has 0 bridgehead atoms. The van der Waals surface area contributed by atoms with Gasteiger partial charge in [-0.2, -0.15) is 0 Å². The predicted octanol–water partition coefficient (Wildman–Crippen LogP) is 5.02. The molecule has 0 aromatic rings. The lowest BCUT2D eigenvalue weighted by Crippen LogP contribution is -2.50. The highest BCUT2D eigenvalue weighted by atomic mass is 16.6. The van der Waals surface area contributed by atoms with E-state index in [4.69, 9.17) is 4.84 Å². The van der Waals surface area contributed by atoms with E-state index in [0.717, 1.165) is 49.6 Å². The minimum absolute atomic E-state index is 0.0129. The third-order valence-electron chi connectivity index (χ3n) is 8.13. The molecular weight excluding hydrogens is 348 g/mol. The largest absolute Gasteiger partial charge is 0.394 e. The molecule has 1 N–H and O–H groups in total. The Balaban J connectivity index is 1.59. The van der Waals surface area contributed by atoms with Crippen molar-refractivity contribution < 1.29 is 9.94 Å². The predicted molar refractivity (Wildman–Crippen MR) is 116 cm³/mol. The number of allylic oxidation sites excluding steroid dienone is 2. The second kappa shape index (κ2) is 9.30. The summed E-state index contributed by atoms with van der Waals surface area (Å²) in [6.45, 7) is 5.93. The van der Waals surface area contributed by atoms with Crippen molar-refractivity contribution >= 4 is 6.21 Å². The van der Waals surface area contributed by atoms with Crippen LogP contribution in [0.15, 0.2) is 16.8 Å². The highest BCUT2D eigenvalue weighted by molar-refractivity contribution is 5.77. The molecule has 0 saturated heterocycles. The molecule has 160 valence electrons. The summed E-state index contributed by atoms with van der Waals surface area (Å²) >= 11 is 0. The summed E-state index contributed by atoms with van der Waals surface area (Å²) in [5.74, 6) is 2.05. The molecule has 3 fully saturated rings. The molecule has 0 amide bonds. The Hall–Kier alpha value is -0.870. The van der Waals surface area contributed by atoms with E-state index in [-0.39, 0.29) is 5.41 Å². The maximum absolute atomic E-state index is 11.7. The van der Waals surface area contributed by atoms with E-state index in [0.29, 0.717) is 12.5 Å². The minimum Gasteiger partial charge on any atom is -0.394 e. The van der Waals surface area contributed by atoms with E-state index in [1.807, 2.05) is 20.3 Å². The Labute approximate surface area is 172 Å². The van der Waals surface area contributed by atoms with Gasteiger partial charge >= 0.3 is 0 Å². The maximum atomic E-state index is 11.7. The van der Waals surface area contributed by atoms with Crippen LogP contribution in [-0.4, -0.2) is 49.1 Å². The van der Waals surface area contributed by atoms with E-state index in [2.05, 4.69) is 30.0 Å². The molecule has 3 aliphatic rings. The zero-order valence-electron chi connectivity index (χ0n) is 18.6. The molecule has 28 heavy (non-hydrogen) atoms. The fraction of sp³-hybridized carbons (Fsp3) is 0.875. The summed E-state index contributed by atoms with van der Waals surface area (Å²) in [7, 11) is 4.06. The van der Waals surface area contributed by atoms with Crippen molar-refractivity contribution in [2.24, 2.45) is 28.3 Å². The van der Waals surface area contributed by atoms with Crippen molar-refractivity contribution in [1.82, 2.24) is 4.90 Å². The van der Waals surface area contributed by atoms with Crippen molar-refractivity contribution in [3.05, 3.63) is 11.6 Å². The zero-order chi connectivity index (χ0) is 20.2. The Kier molecular flexibility index (Phi) is 7.25. The van der Waals surface area contributed by atoms with Crippen molar-refractivity contribution in [3.8, 4) is 0 Å². The number of fused-ring (bicyclic) bond motifs is 1. The minimum atomic E-state index is -0.478. The van der Waals surface area contributed by atoms with Gasteiger partial charge in [0.2, 0.25) is 0 Å². The van der Waals surface area contributed by atoms with Crippen LogP contribution < -0.4 is 0 Å². The van der Waals surface area contributed by atoms with Gasteiger partial charge in [0.1, 0.15) is 6.61 Å². The molecule has 0 aliphatic heterocycles. The lowest BCUT2D eigenvalue weighted by atomic mass is 9.57. The molecule has 4 nitrogen and oxygen atoms in total. The van der Waals surface area contributed by atoms with Crippen molar-refractivity contribution in [2.75, 3.05) is 27.2 Å². The first-order valence-electron chi connectivity index (χ1n) is 11.5. The normalized spacial score (nSPS) is 37.6. The fourth-order valence-electron chi connectivity index (χ4n) is 6.15. The number of aliphatic hydroxyl groups is 1. The molecule has 0 radical (unpaired) electrons. The number of likely N-dealkylation sites (N-methyl/N-ethyl adjacent to an activating group) is 1. The number of rotatable bonds is 7. The monoisotopic (exact) mass is 390 g/mol. The second-order valence-corrected chi connectivity index (χ2v) is 10.3. The molecule has 0 heterocycles. The SMILES string of the molecule is CC(/C=N/OCCN(C)C)=C\[C@H]1CC[C@]2(O)C[C@@H](C3CCCCC3)CC[C@]12C. The smallest absolute Gasteiger partial charge is 0.129 e. The quantitative estimate of drug-likeness (QED) is 0.377. The van der Waals surface area contributed by atoms with Gasteiger partial charge in [0.25, 0.3) is 0 Å². The Morgan fingerprint density at radius 3 is 2.57 bits per heavy atom. The van der Waals surface area contributed by atoms with Crippen LogP contribution in [0.1, 0.15) is 78.1 Å². The van der Waals surface area contributed by atoms with Crippen LogP contribution >= 0.6 is 0 Å². The van der Waals surface area contributed by atoms with Gasteiger partial charge in [-0.15, -0.1) is 0 Å². The highest BCUT2D eigenvalue weighted by Gasteiger charge is 2.58. The average molecular weight is 391 g/mol. The van der Waals surface area contributed by atoms with Gasteiger partial charge in [0, 0.05) is 12.0 Å². The van der Waals surface area contributed by atoms with Gasteiger partial charge in [0.15, 0.2) is 0 Å². The van der Waals surface area contributed by atoms with Gasteiger partial charge in [-0.05, 0) is 76.5 Å². The molecule has 0 unspecified atom stereocenters. The third-order valence-corrected chi connectivity index (χ3v) is 8.13. The molecule has 0 spiro atoms. The second-order valence-electron chi connectivity index (χ2n) is 10.3. The molecule has 3 rings (SSSR count). The van der Waals surface area contributed by atoms with E-state index in [1.165, 1.54) is 38.5 Å². The summed E-state index contributed by atoms with van der Waals surface area (Å²) in [4.78, 5) is 7.44. The van der Waals surface area contributed by atoms with Gasteiger partial charge in [-0.1, -0.05) is 50.3 Å². The lowest BCUT2D eigenvalue weighted by molar-refractivity contribution is -0.117. The third kappa shape index (κ3) is 4.81. The number of hydrogen-bond acceptors (Lipinski definition) is 4. The average Bonchev–Trinajstić information content (AvgIpc) is 2.92. The standard InChI is InChI=1S/C24H42N2O2/c1-19(18-25-28-15-14-26(3)4)16-22-11-13-24(27)17-21(10-12-23(22,24)2)20-8-6-5-7-9-20/h16,18,20-22,27H,5-15,17H2,1-4H3/b19-16+,25-18+/t21-,22+,23+,24-/m0/s1. The first kappa shape index (κ1) is 21.8. The van der Waals surface area contributed by atoms with Crippen LogP contribution in [0, 0.1) is 23.2 Å². The van der Waals surface area contributed by atoms with Gasteiger partial charge < -0.3 is 14.8 Å². The Morgan fingerprint density at radius 2 is 1.86 bits per heavy atom. The maximum Gasteiger partial charge on any atom is 0.129 e. The van der Waals surface area contributed by atoms with E-state index < -0.39 is 5.60 Å². The number of oxime groups is 1. The van der Waals surface area contributed by atoms with Crippen molar-refractivity contribution in [3.63, 3.8) is 0 Å². The first-order valence-corrected chi connectivity index (χ1v) is 11.5. The lowest BCUT2D eigenvalue weighted by Gasteiger charge is -2.51. The topological polar surface area (TPSA) is 45.1 Å². The molecule has 3 aliphatic carbocycles. The molecule has 4 atom stereocenters. The van der Waals surface area contributed by atoms with Gasteiger partial charge in [-0.25, -0.2) is 0 Å².